The van der Waals surface area contributed by atoms with Crippen molar-refractivity contribution in [2.75, 3.05) is 5.32 Å². The molecule has 0 fully saturated rings. The monoisotopic (exact) mass is 299 g/mol. The first-order chi connectivity index (χ1) is 9.99. The van der Waals surface area contributed by atoms with Gasteiger partial charge in [-0.05, 0) is 54.3 Å². The maximum Gasteiger partial charge on any atom is 0.191 e. The Morgan fingerprint density at radius 1 is 1.29 bits per heavy atom. The molecule has 0 bridgehead atoms. The molecule has 0 unspecified atom stereocenters. The molecule has 0 aromatic heterocycles. The van der Waals surface area contributed by atoms with Gasteiger partial charge in [-0.2, -0.15) is 5.10 Å². The zero-order chi connectivity index (χ0) is 15.3. The Kier molecular flexibility index (Phi) is 4.91. The van der Waals surface area contributed by atoms with E-state index in [1.54, 1.807) is 0 Å². The van der Waals surface area contributed by atoms with Crippen molar-refractivity contribution in [2.24, 2.45) is 10.5 Å². The van der Waals surface area contributed by atoms with Gasteiger partial charge in [-0.1, -0.05) is 44.2 Å². The standard InChI is InChI=1S/C17H21N3S/c1-13-8-7-11-17(2,3)15(13)12-18-20-16(21)19-14-9-5-4-6-10-14/h4-10,12H,11H2,1-3H3,(H2,19,20,21). The summed E-state index contributed by atoms with van der Waals surface area (Å²) < 4.78 is 0. The Morgan fingerprint density at radius 2 is 2.00 bits per heavy atom. The molecule has 0 spiro atoms. The zero-order valence-electron chi connectivity index (χ0n) is 12.7. The van der Waals surface area contributed by atoms with Crippen LogP contribution in [0.5, 0.6) is 0 Å². The van der Waals surface area contributed by atoms with Gasteiger partial charge in [0.25, 0.3) is 0 Å². The topological polar surface area (TPSA) is 36.4 Å². The summed E-state index contributed by atoms with van der Waals surface area (Å²) in [5, 5.41) is 7.84. The minimum atomic E-state index is 0.110. The predicted octanol–water partition coefficient (Wildman–Crippen LogP) is 4.26. The number of thiocarbonyl (C=S) groups is 1. The van der Waals surface area contributed by atoms with Crippen LogP contribution in [0.15, 0.2) is 58.7 Å². The van der Waals surface area contributed by atoms with Gasteiger partial charge in [0.2, 0.25) is 0 Å². The van der Waals surface area contributed by atoms with Crippen LogP contribution in [0.1, 0.15) is 27.2 Å². The van der Waals surface area contributed by atoms with Crippen molar-refractivity contribution < 1.29 is 0 Å². The second-order valence-electron chi connectivity index (χ2n) is 5.78. The van der Waals surface area contributed by atoms with E-state index in [1.165, 1.54) is 11.1 Å². The van der Waals surface area contributed by atoms with Gasteiger partial charge in [0.15, 0.2) is 5.11 Å². The third-order valence-corrected chi connectivity index (χ3v) is 3.73. The number of rotatable bonds is 3. The van der Waals surface area contributed by atoms with Gasteiger partial charge in [-0.25, -0.2) is 0 Å². The average Bonchev–Trinajstić information content (AvgIpc) is 2.43. The maximum atomic E-state index is 5.22. The fraction of sp³-hybridized carbons (Fsp3) is 0.294. The molecule has 4 heteroatoms. The zero-order valence-corrected chi connectivity index (χ0v) is 13.5. The van der Waals surface area contributed by atoms with Crippen molar-refractivity contribution in [1.29, 1.82) is 0 Å². The lowest BCUT2D eigenvalue weighted by atomic mass is 9.76. The van der Waals surface area contributed by atoms with Gasteiger partial charge in [0.05, 0.1) is 6.21 Å². The Bertz CT molecular complexity index is 598. The maximum absolute atomic E-state index is 5.22. The normalized spacial score (nSPS) is 17.1. The van der Waals surface area contributed by atoms with Crippen LogP contribution >= 0.6 is 12.2 Å². The quantitative estimate of drug-likeness (QED) is 0.497. The number of para-hydroxylation sites is 1. The van der Waals surface area contributed by atoms with Crippen LogP contribution in [0.3, 0.4) is 0 Å². The molecule has 2 rings (SSSR count). The second-order valence-corrected chi connectivity index (χ2v) is 6.19. The summed E-state index contributed by atoms with van der Waals surface area (Å²) in [4.78, 5) is 0. The summed E-state index contributed by atoms with van der Waals surface area (Å²) in [6, 6.07) is 9.80. The van der Waals surface area contributed by atoms with Gasteiger partial charge in [-0.3, -0.25) is 5.43 Å². The smallest absolute Gasteiger partial charge is 0.191 e. The third-order valence-electron chi connectivity index (χ3n) is 3.54. The number of hydrogen-bond donors (Lipinski definition) is 2. The van der Waals surface area contributed by atoms with Crippen LogP contribution in [-0.2, 0) is 0 Å². The highest BCUT2D eigenvalue weighted by Gasteiger charge is 2.24. The van der Waals surface area contributed by atoms with Crippen molar-refractivity contribution in [1.82, 2.24) is 5.43 Å². The molecule has 1 aliphatic carbocycles. The second kappa shape index (κ2) is 6.68. The number of anilines is 1. The fourth-order valence-corrected chi connectivity index (χ4v) is 2.55. The first-order valence-corrected chi connectivity index (χ1v) is 7.43. The van der Waals surface area contributed by atoms with Gasteiger partial charge in [0, 0.05) is 5.69 Å². The van der Waals surface area contributed by atoms with E-state index in [2.05, 4.69) is 48.8 Å². The molecule has 0 atom stereocenters. The molecule has 21 heavy (non-hydrogen) atoms. The lowest BCUT2D eigenvalue weighted by molar-refractivity contribution is 0.464. The van der Waals surface area contributed by atoms with Crippen LogP contribution in [-0.4, -0.2) is 11.3 Å². The first-order valence-electron chi connectivity index (χ1n) is 7.02. The molecule has 0 saturated carbocycles. The number of hydrazone groups is 1. The summed E-state index contributed by atoms with van der Waals surface area (Å²) in [5.41, 5.74) is 6.41. The number of hydrogen-bond acceptors (Lipinski definition) is 2. The summed E-state index contributed by atoms with van der Waals surface area (Å²) in [6.45, 7) is 6.56. The molecule has 2 N–H and O–H groups in total. The average molecular weight is 299 g/mol. The van der Waals surface area contributed by atoms with Crippen LogP contribution in [0, 0.1) is 5.41 Å². The Morgan fingerprint density at radius 3 is 2.67 bits per heavy atom. The van der Waals surface area contributed by atoms with Gasteiger partial charge < -0.3 is 5.32 Å². The van der Waals surface area contributed by atoms with Crippen molar-refractivity contribution in [3.63, 3.8) is 0 Å². The van der Waals surface area contributed by atoms with Crippen LogP contribution in [0.4, 0.5) is 5.69 Å². The number of benzene rings is 1. The van der Waals surface area contributed by atoms with Crippen LogP contribution in [0.2, 0.25) is 0 Å². The van der Waals surface area contributed by atoms with E-state index in [4.69, 9.17) is 12.2 Å². The van der Waals surface area contributed by atoms with E-state index in [0.29, 0.717) is 5.11 Å². The molecular formula is C17H21N3S. The van der Waals surface area contributed by atoms with Crippen molar-refractivity contribution in [3.05, 3.63) is 53.6 Å². The van der Waals surface area contributed by atoms with E-state index >= 15 is 0 Å². The lowest BCUT2D eigenvalue weighted by Crippen LogP contribution is -2.25. The lowest BCUT2D eigenvalue weighted by Gasteiger charge is -2.28. The molecule has 0 amide bonds. The molecule has 0 heterocycles. The first kappa shape index (κ1) is 15.4. The van der Waals surface area contributed by atoms with Gasteiger partial charge in [0.1, 0.15) is 0 Å². The molecule has 1 aliphatic rings. The summed E-state index contributed by atoms with van der Waals surface area (Å²) in [5.74, 6) is 0. The van der Waals surface area contributed by atoms with E-state index < -0.39 is 0 Å². The van der Waals surface area contributed by atoms with Crippen LogP contribution in [0.25, 0.3) is 0 Å². The SMILES string of the molecule is CC1=C(C=NNC(=S)Nc2ccccc2)C(C)(C)CC=C1. The van der Waals surface area contributed by atoms with E-state index in [1.807, 2.05) is 36.5 Å². The number of allylic oxidation sites excluding steroid dienone is 4. The highest BCUT2D eigenvalue weighted by Crippen LogP contribution is 2.35. The molecular weight excluding hydrogens is 278 g/mol. The van der Waals surface area contributed by atoms with E-state index in [-0.39, 0.29) is 5.41 Å². The third kappa shape index (κ3) is 4.26. The Labute approximate surface area is 131 Å². The summed E-state index contributed by atoms with van der Waals surface area (Å²) >= 11 is 5.22. The number of nitrogens with zero attached hydrogens (tertiary/aromatic N) is 1. The minimum absolute atomic E-state index is 0.110. The molecule has 1 aromatic rings. The molecule has 1 aromatic carbocycles. The largest absolute Gasteiger partial charge is 0.331 e. The molecule has 3 nitrogen and oxygen atoms in total. The van der Waals surface area contributed by atoms with Gasteiger partial charge >= 0.3 is 0 Å². The molecule has 0 radical (unpaired) electrons. The number of nitrogens with one attached hydrogen (secondary N) is 2. The Hall–Kier alpha value is -1.94. The molecule has 110 valence electrons. The van der Waals surface area contributed by atoms with Crippen LogP contribution < -0.4 is 10.7 Å². The highest BCUT2D eigenvalue weighted by atomic mass is 32.1. The highest BCUT2D eigenvalue weighted by molar-refractivity contribution is 7.80. The van der Waals surface area contributed by atoms with Crippen molar-refractivity contribution >= 4 is 29.2 Å². The summed E-state index contributed by atoms with van der Waals surface area (Å²) in [7, 11) is 0. The Balaban J connectivity index is 1.96. The summed E-state index contributed by atoms with van der Waals surface area (Å²) in [6.07, 6.45) is 7.26. The molecule has 0 saturated heterocycles. The van der Waals surface area contributed by atoms with Crippen molar-refractivity contribution in [3.8, 4) is 0 Å². The van der Waals surface area contributed by atoms with E-state index in [0.717, 1.165) is 12.1 Å². The minimum Gasteiger partial charge on any atom is -0.331 e. The van der Waals surface area contributed by atoms with Crippen molar-refractivity contribution in [2.45, 2.75) is 27.2 Å². The van der Waals surface area contributed by atoms with Gasteiger partial charge in [-0.15, -0.1) is 0 Å². The predicted molar refractivity (Wildman–Crippen MR) is 94.5 cm³/mol. The molecule has 0 aliphatic heterocycles. The fourth-order valence-electron chi connectivity index (χ4n) is 2.38. The van der Waals surface area contributed by atoms with E-state index in [9.17, 15) is 0 Å².